The molecular formula is C6H5BrO3. The first kappa shape index (κ1) is 7.21. The van der Waals surface area contributed by atoms with E-state index in [1.54, 1.807) is 0 Å². The monoisotopic (exact) mass is 204 g/mol. The van der Waals surface area contributed by atoms with Crippen LogP contribution < -0.4 is 3.83 Å². The van der Waals surface area contributed by atoms with Crippen molar-refractivity contribution < 1.29 is 14.0 Å². The number of phenolic OH excluding ortho intramolecular Hbond substituents is 2. The molecule has 10 heavy (non-hydrogen) atoms. The van der Waals surface area contributed by atoms with Crippen LogP contribution in [0, 0.1) is 0 Å². The summed E-state index contributed by atoms with van der Waals surface area (Å²) in [5.41, 5.74) is 0. The molecule has 2 N–H and O–H groups in total. The molecule has 1 aromatic carbocycles. The number of hydrogen-bond acceptors (Lipinski definition) is 3. The molecule has 0 fully saturated rings. The lowest BCUT2D eigenvalue weighted by molar-refractivity contribution is 0.446. The van der Waals surface area contributed by atoms with Gasteiger partial charge in [0.05, 0.1) is 0 Å². The van der Waals surface area contributed by atoms with Crippen LogP contribution in [0.1, 0.15) is 0 Å². The molecule has 0 saturated heterocycles. The van der Waals surface area contributed by atoms with Crippen LogP contribution in [-0.2, 0) is 0 Å². The molecule has 0 aliphatic carbocycles. The molecule has 0 aliphatic heterocycles. The SMILES string of the molecule is Oc1cc(O)cc(OBr)c1. The van der Waals surface area contributed by atoms with Crippen LogP contribution in [0.5, 0.6) is 17.2 Å². The highest BCUT2D eigenvalue weighted by atomic mass is 79.9. The van der Waals surface area contributed by atoms with Crippen molar-refractivity contribution in [3.63, 3.8) is 0 Å². The topological polar surface area (TPSA) is 49.7 Å². The molecule has 0 aromatic heterocycles. The molecule has 4 heteroatoms. The Hall–Kier alpha value is -0.900. The highest BCUT2D eigenvalue weighted by molar-refractivity contribution is 9.06. The molecule has 0 atom stereocenters. The van der Waals surface area contributed by atoms with E-state index < -0.39 is 0 Å². The molecule has 0 unspecified atom stereocenters. The second-order valence-corrected chi connectivity index (χ2v) is 2.09. The second kappa shape index (κ2) is 2.79. The van der Waals surface area contributed by atoms with Crippen molar-refractivity contribution in [2.24, 2.45) is 0 Å². The Bertz CT molecular complexity index is 216. The molecule has 0 saturated carbocycles. The van der Waals surface area contributed by atoms with Crippen molar-refractivity contribution in [3.05, 3.63) is 18.2 Å². The van der Waals surface area contributed by atoms with Gasteiger partial charge < -0.3 is 14.0 Å². The van der Waals surface area contributed by atoms with E-state index in [1.165, 1.54) is 18.2 Å². The number of aromatic hydroxyl groups is 2. The Labute approximate surface area is 66.3 Å². The number of rotatable bonds is 1. The summed E-state index contributed by atoms with van der Waals surface area (Å²) in [6.45, 7) is 0. The minimum atomic E-state index is -0.0329. The fourth-order valence-corrected chi connectivity index (χ4v) is 0.799. The maximum atomic E-state index is 8.86. The Morgan fingerprint density at radius 3 is 2.00 bits per heavy atom. The first-order valence-electron chi connectivity index (χ1n) is 2.54. The number of benzene rings is 1. The van der Waals surface area contributed by atoms with Crippen molar-refractivity contribution in [2.45, 2.75) is 0 Å². The van der Waals surface area contributed by atoms with E-state index in [1.807, 2.05) is 0 Å². The van der Waals surface area contributed by atoms with Crippen LogP contribution in [0.2, 0.25) is 0 Å². The fourth-order valence-electron chi connectivity index (χ4n) is 0.613. The molecule has 1 rings (SSSR count). The van der Waals surface area contributed by atoms with Crippen LogP contribution in [0.4, 0.5) is 0 Å². The zero-order chi connectivity index (χ0) is 7.56. The highest BCUT2D eigenvalue weighted by Gasteiger charge is 1.97. The van der Waals surface area contributed by atoms with Crippen LogP contribution in [-0.4, -0.2) is 10.2 Å². The molecule has 0 aliphatic rings. The summed E-state index contributed by atoms with van der Waals surface area (Å²) >= 11 is 2.70. The van der Waals surface area contributed by atoms with Crippen molar-refractivity contribution in [3.8, 4) is 17.2 Å². The Morgan fingerprint density at radius 2 is 1.60 bits per heavy atom. The summed E-state index contributed by atoms with van der Waals surface area (Å²) in [4.78, 5) is 0. The maximum absolute atomic E-state index is 8.86. The van der Waals surface area contributed by atoms with E-state index in [0.29, 0.717) is 5.75 Å². The van der Waals surface area contributed by atoms with Gasteiger partial charge in [0.25, 0.3) is 0 Å². The third-order valence-corrected chi connectivity index (χ3v) is 1.34. The molecular weight excluding hydrogens is 200 g/mol. The molecule has 0 bridgehead atoms. The van der Waals surface area contributed by atoms with Gasteiger partial charge in [0, 0.05) is 18.2 Å². The largest absolute Gasteiger partial charge is 0.508 e. The van der Waals surface area contributed by atoms with E-state index in [4.69, 9.17) is 10.2 Å². The van der Waals surface area contributed by atoms with E-state index in [9.17, 15) is 0 Å². The molecule has 0 amide bonds. The number of hydrogen-bond donors (Lipinski definition) is 2. The maximum Gasteiger partial charge on any atom is 0.179 e. The van der Waals surface area contributed by atoms with Crippen LogP contribution >= 0.6 is 16.3 Å². The zero-order valence-corrected chi connectivity index (χ0v) is 6.50. The first-order valence-corrected chi connectivity index (χ1v) is 3.19. The predicted molar refractivity (Wildman–Crippen MR) is 39.3 cm³/mol. The van der Waals surface area contributed by atoms with Gasteiger partial charge in [0.1, 0.15) is 17.2 Å². The normalized spacial score (nSPS) is 9.30. The van der Waals surface area contributed by atoms with Gasteiger partial charge in [-0.15, -0.1) is 0 Å². The molecule has 0 heterocycles. The second-order valence-electron chi connectivity index (χ2n) is 1.76. The summed E-state index contributed by atoms with van der Waals surface area (Å²) in [5, 5.41) is 17.7. The van der Waals surface area contributed by atoms with Crippen molar-refractivity contribution >= 4 is 16.3 Å². The van der Waals surface area contributed by atoms with Gasteiger partial charge in [-0.25, -0.2) is 0 Å². The van der Waals surface area contributed by atoms with E-state index in [-0.39, 0.29) is 11.5 Å². The van der Waals surface area contributed by atoms with Gasteiger partial charge in [-0.2, -0.15) is 0 Å². The lowest BCUT2D eigenvalue weighted by atomic mass is 10.3. The van der Waals surface area contributed by atoms with Crippen molar-refractivity contribution in [1.82, 2.24) is 0 Å². The molecule has 0 radical (unpaired) electrons. The van der Waals surface area contributed by atoms with Crippen LogP contribution in [0.15, 0.2) is 18.2 Å². The van der Waals surface area contributed by atoms with Gasteiger partial charge >= 0.3 is 0 Å². The van der Waals surface area contributed by atoms with Gasteiger partial charge in [-0.3, -0.25) is 0 Å². The minimum absolute atomic E-state index is 0.0329. The summed E-state index contributed by atoms with van der Waals surface area (Å²) in [6, 6.07) is 3.96. The smallest absolute Gasteiger partial charge is 0.179 e. The van der Waals surface area contributed by atoms with Gasteiger partial charge in [-0.05, 0) is 0 Å². The van der Waals surface area contributed by atoms with E-state index in [2.05, 4.69) is 20.1 Å². The third-order valence-electron chi connectivity index (χ3n) is 0.965. The standard InChI is InChI=1S/C6H5BrO3/c7-10-6-2-4(8)1-5(9)3-6/h1-3,8-9H. The molecule has 54 valence electrons. The average Bonchev–Trinajstić information content (AvgIpc) is 1.85. The van der Waals surface area contributed by atoms with Crippen molar-refractivity contribution in [2.75, 3.05) is 0 Å². The molecule has 0 spiro atoms. The zero-order valence-electron chi connectivity index (χ0n) is 4.91. The van der Waals surface area contributed by atoms with Crippen molar-refractivity contribution in [1.29, 1.82) is 0 Å². The summed E-state index contributed by atoms with van der Waals surface area (Å²) in [7, 11) is 0. The molecule has 3 nitrogen and oxygen atoms in total. The highest BCUT2D eigenvalue weighted by Crippen LogP contribution is 2.26. The summed E-state index contributed by atoms with van der Waals surface area (Å²) in [5.74, 6) is 0.293. The third kappa shape index (κ3) is 1.54. The average molecular weight is 205 g/mol. The van der Waals surface area contributed by atoms with E-state index >= 15 is 0 Å². The van der Waals surface area contributed by atoms with Gasteiger partial charge in [0.2, 0.25) is 0 Å². The first-order chi connectivity index (χ1) is 4.72. The van der Waals surface area contributed by atoms with E-state index in [0.717, 1.165) is 0 Å². The Kier molecular flexibility index (Phi) is 2.01. The Morgan fingerprint density at radius 1 is 1.10 bits per heavy atom. The predicted octanol–water partition coefficient (Wildman–Crippen LogP) is 1.79. The van der Waals surface area contributed by atoms with Gasteiger partial charge in [-0.1, -0.05) is 0 Å². The van der Waals surface area contributed by atoms with Crippen LogP contribution in [0.3, 0.4) is 0 Å². The fraction of sp³-hybridized carbons (Fsp3) is 0. The Balaban J connectivity index is 3.06. The lowest BCUT2D eigenvalue weighted by Gasteiger charge is -1.97. The number of halogens is 1. The quantitative estimate of drug-likeness (QED) is 0.734. The summed E-state index contributed by atoms with van der Waals surface area (Å²) in [6.07, 6.45) is 0. The summed E-state index contributed by atoms with van der Waals surface area (Å²) < 4.78 is 4.57. The van der Waals surface area contributed by atoms with Crippen LogP contribution in [0.25, 0.3) is 0 Å². The lowest BCUT2D eigenvalue weighted by Crippen LogP contribution is -1.73. The van der Waals surface area contributed by atoms with Gasteiger partial charge in [0.15, 0.2) is 16.3 Å². The minimum Gasteiger partial charge on any atom is -0.508 e. The number of phenols is 2. The molecule has 1 aromatic rings.